The van der Waals surface area contributed by atoms with Crippen molar-refractivity contribution in [2.75, 3.05) is 7.11 Å². The van der Waals surface area contributed by atoms with E-state index in [9.17, 15) is 5.11 Å². The number of aliphatic hydroxyl groups is 1. The van der Waals surface area contributed by atoms with Crippen molar-refractivity contribution in [1.82, 2.24) is 0 Å². The van der Waals surface area contributed by atoms with Crippen molar-refractivity contribution >= 4 is 0 Å². The van der Waals surface area contributed by atoms with Crippen LogP contribution in [-0.2, 0) is 4.74 Å². The zero-order valence-electron chi connectivity index (χ0n) is 11.6. The van der Waals surface area contributed by atoms with E-state index in [1.807, 2.05) is 0 Å². The summed E-state index contributed by atoms with van der Waals surface area (Å²) in [4.78, 5) is 0. The molecular weight excluding hydrogens is 212 g/mol. The Labute approximate surface area is 106 Å². The first kappa shape index (κ1) is 13.4. The second-order valence-electron chi connectivity index (χ2n) is 6.43. The SMILES string of the molecule is COC1CCCCC1(O)C1CCC(C)C(C)C1. The third-order valence-electron chi connectivity index (χ3n) is 5.44. The van der Waals surface area contributed by atoms with Gasteiger partial charge in [0.25, 0.3) is 0 Å². The second kappa shape index (κ2) is 5.27. The van der Waals surface area contributed by atoms with Crippen LogP contribution in [0.15, 0.2) is 0 Å². The standard InChI is InChI=1S/C15H28O2/c1-11-7-8-13(10-12(11)2)15(16)9-5-4-6-14(15)17-3/h11-14,16H,4-10H2,1-3H3. The third-order valence-corrected chi connectivity index (χ3v) is 5.44. The van der Waals surface area contributed by atoms with E-state index in [1.54, 1.807) is 7.11 Å². The molecule has 2 aliphatic rings. The Morgan fingerprint density at radius 3 is 2.47 bits per heavy atom. The van der Waals surface area contributed by atoms with E-state index < -0.39 is 5.60 Å². The Morgan fingerprint density at radius 1 is 1.06 bits per heavy atom. The van der Waals surface area contributed by atoms with Gasteiger partial charge in [-0.3, -0.25) is 0 Å². The minimum absolute atomic E-state index is 0.0712. The summed E-state index contributed by atoms with van der Waals surface area (Å²) in [5, 5.41) is 11.0. The van der Waals surface area contributed by atoms with Gasteiger partial charge in [0.15, 0.2) is 0 Å². The number of rotatable bonds is 2. The summed E-state index contributed by atoms with van der Waals surface area (Å²) in [6, 6.07) is 0. The van der Waals surface area contributed by atoms with Crippen LogP contribution >= 0.6 is 0 Å². The van der Waals surface area contributed by atoms with Crippen LogP contribution in [0.5, 0.6) is 0 Å². The second-order valence-corrected chi connectivity index (χ2v) is 6.43. The lowest BCUT2D eigenvalue weighted by Crippen LogP contribution is -2.53. The first-order valence-electron chi connectivity index (χ1n) is 7.33. The number of hydrogen-bond donors (Lipinski definition) is 1. The summed E-state index contributed by atoms with van der Waals surface area (Å²) < 4.78 is 5.57. The zero-order valence-corrected chi connectivity index (χ0v) is 11.6. The largest absolute Gasteiger partial charge is 0.387 e. The van der Waals surface area contributed by atoms with Crippen molar-refractivity contribution in [3.8, 4) is 0 Å². The lowest BCUT2D eigenvalue weighted by atomic mass is 9.64. The summed E-state index contributed by atoms with van der Waals surface area (Å²) in [7, 11) is 1.76. The fraction of sp³-hybridized carbons (Fsp3) is 1.00. The van der Waals surface area contributed by atoms with Gasteiger partial charge in [-0.05, 0) is 43.4 Å². The molecule has 0 aliphatic heterocycles. The van der Waals surface area contributed by atoms with Crippen LogP contribution in [0.3, 0.4) is 0 Å². The minimum atomic E-state index is -0.540. The highest BCUT2D eigenvalue weighted by Crippen LogP contribution is 2.45. The van der Waals surface area contributed by atoms with E-state index >= 15 is 0 Å². The van der Waals surface area contributed by atoms with Crippen molar-refractivity contribution in [3.05, 3.63) is 0 Å². The maximum Gasteiger partial charge on any atom is 0.0936 e. The molecule has 2 saturated carbocycles. The van der Waals surface area contributed by atoms with Crippen LogP contribution in [-0.4, -0.2) is 23.9 Å². The van der Waals surface area contributed by atoms with Crippen molar-refractivity contribution in [2.45, 2.75) is 70.5 Å². The molecule has 2 heteroatoms. The molecule has 2 nitrogen and oxygen atoms in total. The number of methoxy groups -OCH3 is 1. The zero-order chi connectivity index (χ0) is 12.5. The number of ether oxygens (including phenoxy) is 1. The molecule has 0 spiro atoms. The summed E-state index contributed by atoms with van der Waals surface area (Å²) >= 11 is 0. The lowest BCUT2D eigenvalue weighted by molar-refractivity contribution is -0.160. The van der Waals surface area contributed by atoms with Gasteiger partial charge in [0, 0.05) is 7.11 Å². The molecule has 5 unspecified atom stereocenters. The molecule has 0 heterocycles. The molecular formula is C15H28O2. The van der Waals surface area contributed by atoms with E-state index in [0.29, 0.717) is 5.92 Å². The molecule has 100 valence electrons. The van der Waals surface area contributed by atoms with E-state index in [2.05, 4.69) is 13.8 Å². The Morgan fingerprint density at radius 2 is 1.82 bits per heavy atom. The monoisotopic (exact) mass is 240 g/mol. The average Bonchev–Trinajstić information content (AvgIpc) is 2.33. The lowest BCUT2D eigenvalue weighted by Gasteiger charge is -2.48. The predicted octanol–water partition coefficient (Wildman–Crippen LogP) is 3.38. The number of hydrogen-bond acceptors (Lipinski definition) is 2. The summed E-state index contributed by atoms with van der Waals surface area (Å²) in [5.41, 5.74) is -0.540. The molecule has 0 aromatic heterocycles. The minimum Gasteiger partial charge on any atom is -0.387 e. The predicted molar refractivity (Wildman–Crippen MR) is 69.9 cm³/mol. The first-order valence-corrected chi connectivity index (χ1v) is 7.33. The van der Waals surface area contributed by atoms with Gasteiger partial charge in [-0.1, -0.05) is 33.1 Å². The molecule has 1 N–H and O–H groups in total. The van der Waals surface area contributed by atoms with Crippen LogP contribution in [0.1, 0.15) is 58.8 Å². The van der Waals surface area contributed by atoms with Crippen molar-refractivity contribution in [1.29, 1.82) is 0 Å². The van der Waals surface area contributed by atoms with Crippen molar-refractivity contribution in [3.63, 3.8) is 0 Å². The molecule has 0 aromatic rings. The van der Waals surface area contributed by atoms with E-state index in [4.69, 9.17) is 4.74 Å². The van der Waals surface area contributed by atoms with Crippen LogP contribution in [0.25, 0.3) is 0 Å². The van der Waals surface area contributed by atoms with Crippen LogP contribution in [0.4, 0.5) is 0 Å². The Kier molecular flexibility index (Phi) is 4.14. The molecule has 17 heavy (non-hydrogen) atoms. The maximum atomic E-state index is 11.0. The first-order chi connectivity index (χ1) is 8.08. The van der Waals surface area contributed by atoms with Crippen LogP contribution in [0.2, 0.25) is 0 Å². The van der Waals surface area contributed by atoms with Crippen LogP contribution in [0, 0.1) is 17.8 Å². The molecule has 2 rings (SSSR count). The molecule has 0 aromatic carbocycles. The van der Waals surface area contributed by atoms with Gasteiger partial charge in [-0.25, -0.2) is 0 Å². The highest BCUT2D eigenvalue weighted by atomic mass is 16.5. The molecule has 0 bridgehead atoms. The fourth-order valence-corrected chi connectivity index (χ4v) is 3.94. The van der Waals surface area contributed by atoms with Gasteiger partial charge in [0.05, 0.1) is 11.7 Å². The molecule has 0 saturated heterocycles. The van der Waals surface area contributed by atoms with Gasteiger partial charge in [0.1, 0.15) is 0 Å². The molecule has 0 amide bonds. The molecule has 5 atom stereocenters. The topological polar surface area (TPSA) is 29.5 Å². The average molecular weight is 240 g/mol. The summed E-state index contributed by atoms with van der Waals surface area (Å²) in [6.45, 7) is 4.68. The third kappa shape index (κ3) is 2.53. The van der Waals surface area contributed by atoms with Crippen molar-refractivity contribution < 1.29 is 9.84 Å². The van der Waals surface area contributed by atoms with E-state index in [-0.39, 0.29) is 6.10 Å². The highest BCUT2D eigenvalue weighted by molar-refractivity contribution is 4.98. The Hall–Kier alpha value is -0.0800. The molecule has 0 radical (unpaired) electrons. The normalized spacial score (nSPS) is 48.0. The van der Waals surface area contributed by atoms with Gasteiger partial charge in [-0.2, -0.15) is 0 Å². The highest BCUT2D eigenvalue weighted by Gasteiger charge is 2.47. The van der Waals surface area contributed by atoms with E-state index in [0.717, 1.165) is 31.1 Å². The summed E-state index contributed by atoms with van der Waals surface area (Å²) in [5.74, 6) is 2.02. The fourth-order valence-electron chi connectivity index (χ4n) is 3.94. The Balaban J connectivity index is 2.08. The van der Waals surface area contributed by atoms with Crippen molar-refractivity contribution in [2.24, 2.45) is 17.8 Å². The summed E-state index contributed by atoms with van der Waals surface area (Å²) in [6.07, 6.45) is 8.05. The Bertz CT molecular complexity index is 253. The molecule has 2 fully saturated rings. The van der Waals surface area contributed by atoms with Gasteiger partial charge in [-0.15, -0.1) is 0 Å². The van der Waals surface area contributed by atoms with Gasteiger partial charge < -0.3 is 9.84 Å². The molecule has 2 aliphatic carbocycles. The quantitative estimate of drug-likeness (QED) is 0.802. The maximum absolute atomic E-state index is 11.0. The van der Waals surface area contributed by atoms with Crippen LogP contribution < -0.4 is 0 Å². The van der Waals surface area contributed by atoms with E-state index in [1.165, 1.54) is 25.7 Å². The van der Waals surface area contributed by atoms with Gasteiger partial charge >= 0.3 is 0 Å². The smallest absolute Gasteiger partial charge is 0.0936 e. The van der Waals surface area contributed by atoms with Gasteiger partial charge in [0.2, 0.25) is 0 Å².